The van der Waals surface area contributed by atoms with Crippen LogP contribution in [0.2, 0.25) is 0 Å². The van der Waals surface area contributed by atoms with Crippen LogP contribution in [0.25, 0.3) is 5.69 Å². The first-order valence-corrected chi connectivity index (χ1v) is 8.00. The Morgan fingerprint density at radius 1 is 1.33 bits per heavy atom. The lowest BCUT2D eigenvalue weighted by molar-refractivity contribution is 0.0687. The molecule has 0 amide bonds. The van der Waals surface area contributed by atoms with Crippen LogP contribution in [-0.4, -0.2) is 20.9 Å². The SMILES string of the molecule is CC1(C)[C@H]2CC[C@]1(C)c1c2c(C(=O)O)nn1-c1ccc(F)cc1F. The first kappa shape index (κ1) is 15.3. The number of aromatic nitrogens is 2. The molecule has 0 spiro atoms. The molecule has 2 bridgehead atoms. The normalized spacial score (nSPS) is 26.6. The minimum absolute atomic E-state index is 0.0183. The molecule has 1 aromatic carbocycles. The average Bonchev–Trinajstić information content (AvgIpc) is 3.03. The molecule has 2 aliphatic rings. The summed E-state index contributed by atoms with van der Waals surface area (Å²) in [6.07, 6.45) is 1.79. The Hall–Kier alpha value is -2.24. The molecule has 2 aliphatic carbocycles. The van der Waals surface area contributed by atoms with Crippen molar-refractivity contribution in [2.24, 2.45) is 5.41 Å². The second-order valence-corrected chi connectivity index (χ2v) is 7.57. The van der Waals surface area contributed by atoms with Gasteiger partial charge in [0.15, 0.2) is 11.5 Å². The Balaban J connectivity index is 2.05. The fourth-order valence-corrected chi connectivity index (χ4v) is 4.71. The highest BCUT2D eigenvalue weighted by atomic mass is 19.1. The lowest BCUT2D eigenvalue weighted by Gasteiger charge is -2.35. The lowest BCUT2D eigenvalue weighted by Crippen LogP contribution is -2.33. The number of fused-ring (bicyclic) bond motifs is 5. The number of hydrogen-bond donors (Lipinski definition) is 1. The third-order valence-electron chi connectivity index (χ3n) is 6.36. The van der Waals surface area contributed by atoms with Crippen molar-refractivity contribution in [1.29, 1.82) is 0 Å². The summed E-state index contributed by atoms with van der Waals surface area (Å²) >= 11 is 0. The largest absolute Gasteiger partial charge is 0.476 e. The van der Waals surface area contributed by atoms with Crippen LogP contribution in [0.4, 0.5) is 8.78 Å². The Morgan fingerprint density at radius 2 is 2.04 bits per heavy atom. The fraction of sp³-hybridized carbons (Fsp3) is 0.444. The monoisotopic (exact) mass is 332 g/mol. The molecule has 0 radical (unpaired) electrons. The molecule has 4 nitrogen and oxygen atoms in total. The molecular weight excluding hydrogens is 314 g/mol. The van der Waals surface area contributed by atoms with Gasteiger partial charge in [-0.05, 0) is 36.3 Å². The first-order chi connectivity index (χ1) is 11.2. The van der Waals surface area contributed by atoms with E-state index in [9.17, 15) is 18.7 Å². The second-order valence-electron chi connectivity index (χ2n) is 7.57. The number of carboxylic acid groups (broad SMARTS) is 1. The maximum absolute atomic E-state index is 14.3. The summed E-state index contributed by atoms with van der Waals surface area (Å²) in [5.41, 5.74) is 1.11. The standard InChI is InChI=1S/C18H18F2N2O2/c1-17(2)10-6-7-18(17,3)15-13(10)14(16(23)24)21-22(15)12-5-4-9(19)8-11(12)20/h4-5,8,10H,6-7H2,1-3H3,(H,23,24)/t10-,18+/m0/s1. The minimum Gasteiger partial charge on any atom is -0.476 e. The van der Waals surface area contributed by atoms with Gasteiger partial charge in [0.2, 0.25) is 0 Å². The maximum Gasteiger partial charge on any atom is 0.356 e. The predicted molar refractivity (Wildman–Crippen MR) is 83.5 cm³/mol. The zero-order valence-electron chi connectivity index (χ0n) is 13.7. The van der Waals surface area contributed by atoms with E-state index in [0.29, 0.717) is 5.56 Å². The molecule has 0 saturated heterocycles. The van der Waals surface area contributed by atoms with Gasteiger partial charge in [-0.2, -0.15) is 5.10 Å². The molecular formula is C18H18F2N2O2. The summed E-state index contributed by atoms with van der Waals surface area (Å²) in [5, 5.41) is 13.8. The van der Waals surface area contributed by atoms with E-state index in [-0.39, 0.29) is 28.1 Å². The summed E-state index contributed by atoms with van der Waals surface area (Å²) < 4.78 is 29.0. The van der Waals surface area contributed by atoms with Crippen LogP contribution in [-0.2, 0) is 5.41 Å². The summed E-state index contributed by atoms with van der Waals surface area (Å²) in [5.74, 6) is -2.45. The van der Waals surface area contributed by atoms with Crippen LogP contribution in [0.5, 0.6) is 0 Å². The highest BCUT2D eigenvalue weighted by Gasteiger charge is 2.63. The van der Waals surface area contributed by atoms with Gasteiger partial charge in [0.25, 0.3) is 0 Å². The van der Waals surface area contributed by atoms with Crippen molar-refractivity contribution in [3.05, 3.63) is 46.8 Å². The minimum atomic E-state index is -1.11. The van der Waals surface area contributed by atoms with Crippen LogP contribution in [0.1, 0.15) is 61.3 Å². The topological polar surface area (TPSA) is 55.1 Å². The lowest BCUT2D eigenvalue weighted by atomic mass is 9.70. The third-order valence-corrected chi connectivity index (χ3v) is 6.36. The number of nitrogens with zero attached hydrogens (tertiary/aromatic N) is 2. The van der Waals surface area contributed by atoms with Crippen LogP contribution in [0, 0.1) is 17.0 Å². The van der Waals surface area contributed by atoms with Crippen LogP contribution in [0.15, 0.2) is 18.2 Å². The third kappa shape index (κ3) is 1.61. The molecule has 1 fully saturated rings. The van der Waals surface area contributed by atoms with Gasteiger partial charge in [-0.3, -0.25) is 0 Å². The number of carboxylic acids is 1. The van der Waals surface area contributed by atoms with E-state index in [1.807, 2.05) is 0 Å². The Bertz CT molecular complexity index is 887. The second kappa shape index (κ2) is 4.43. The molecule has 24 heavy (non-hydrogen) atoms. The summed E-state index contributed by atoms with van der Waals surface area (Å²) in [4.78, 5) is 11.7. The summed E-state index contributed by atoms with van der Waals surface area (Å²) in [7, 11) is 0. The first-order valence-electron chi connectivity index (χ1n) is 8.00. The maximum atomic E-state index is 14.3. The molecule has 1 N–H and O–H groups in total. The molecule has 0 aliphatic heterocycles. The zero-order chi connectivity index (χ0) is 17.4. The van der Waals surface area contributed by atoms with Gasteiger partial charge in [0.05, 0.1) is 5.69 Å². The van der Waals surface area contributed by atoms with E-state index in [1.54, 1.807) is 0 Å². The molecule has 1 saturated carbocycles. The van der Waals surface area contributed by atoms with Gasteiger partial charge in [-0.25, -0.2) is 18.3 Å². The Labute approximate surface area is 138 Å². The molecule has 0 unspecified atom stereocenters. The van der Waals surface area contributed by atoms with Crippen molar-refractivity contribution < 1.29 is 18.7 Å². The molecule has 126 valence electrons. The van der Waals surface area contributed by atoms with Gasteiger partial charge in [0.1, 0.15) is 11.5 Å². The van der Waals surface area contributed by atoms with E-state index >= 15 is 0 Å². The molecule has 1 aromatic heterocycles. The van der Waals surface area contributed by atoms with Crippen LogP contribution >= 0.6 is 0 Å². The van der Waals surface area contributed by atoms with Crippen molar-refractivity contribution in [2.75, 3.05) is 0 Å². The van der Waals surface area contributed by atoms with E-state index < -0.39 is 17.6 Å². The number of aromatic carboxylic acids is 1. The molecule has 2 atom stereocenters. The Morgan fingerprint density at radius 3 is 2.67 bits per heavy atom. The van der Waals surface area contributed by atoms with Gasteiger partial charge >= 0.3 is 5.97 Å². The van der Waals surface area contributed by atoms with Gasteiger partial charge in [-0.15, -0.1) is 0 Å². The van der Waals surface area contributed by atoms with Gasteiger partial charge in [0, 0.05) is 17.0 Å². The van der Waals surface area contributed by atoms with Gasteiger partial charge < -0.3 is 5.11 Å². The molecule has 4 rings (SSSR count). The smallest absolute Gasteiger partial charge is 0.356 e. The molecule has 2 aromatic rings. The Kier molecular flexibility index (Phi) is 2.83. The van der Waals surface area contributed by atoms with E-state index in [4.69, 9.17) is 0 Å². The number of carbonyl (C=O) groups is 1. The molecule has 1 heterocycles. The van der Waals surface area contributed by atoms with Crippen LogP contribution in [0.3, 0.4) is 0 Å². The van der Waals surface area contributed by atoms with Crippen molar-refractivity contribution in [2.45, 2.75) is 44.9 Å². The predicted octanol–water partition coefficient (Wildman–Crippen LogP) is 4.02. The highest BCUT2D eigenvalue weighted by molar-refractivity contribution is 5.88. The number of rotatable bonds is 2. The molecule has 6 heteroatoms. The van der Waals surface area contributed by atoms with Crippen molar-refractivity contribution in [3.63, 3.8) is 0 Å². The number of halogens is 2. The van der Waals surface area contributed by atoms with Crippen molar-refractivity contribution in [3.8, 4) is 5.69 Å². The van der Waals surface area contributed by atoms with Crippen molar-refractivity contribution in [1.82, 2.24) is 9.78 Å². The summed E-state index contributed by atoms with van der Waals surface area (Å²) in [6.45, 7) is 6.34. The highest BCUT2D eigenvalue weighted by Crippen LogP contribution is 2.68. The van der Waals surface area contributed by atoms with Gasteiger partial charge in [-0.1, -0.05) is 20.8 Å². The fourth-order valence-electron chi connectivity index (χ4n) is 4.71. The van der Waals surface area contributed by atoms with E-state index in [2.05, 4.69) is 25.9 Å². The number of hydrogen-bond acceptors (Lipinski definition) is 2. The zero-order valence-corrected chi connectivity index (χ0v) is 13.7. The number of benzene rings is 1. The van der Waals surface area contributed by atoms with E-state index in [1.165, 1.54) is 10.7 Å². The van der Waals surface area contributed by atoms with Crippen LogP contribution < -0.4 is 0 Å². The quantitative estimate of drug-likeness (QED) is 0.903. The van der Waals surface area contributed by atoms with E-state index in [0.717, 1.165) is 30.7 Å². The van der Waals surface area contributed by atoms with Crippen molar-refractivity contribution >= 4 is 5.97 Å². The summed E-state index contributed by atoms with van der Waals surface area (Å²) in [6, 6.07) is 3.27. The average molecular weight is 332 g/mol.